The second-order valence-electron chi connectivity index (χ2n) is 8.15. The summed E-state index contributed by atoms with van der Waals surface area (Å²) in [7, 11) is 0. The first kappa shape index (κ1) is 15.8. The first-order chi connectivity index (χ1) is 10.0. The van der Waals surface area contributed by atoms with Crippen LogP contribution in [-0.2, 0) is 9.47 Å². The van der Waals surface area contributed by atoms with Crippen LogP contribution in [0.15, 0.2) is 0 Å². The van der Waals surface area contributed by atoms with E-state index in [1.165, 1.54) is 32.1 Å². The maximum absolute atomic E-state index is 6.90. The molecule has 3 rings (SSSR count). The highest BCUT2D eigenvalue weighted by atomic mass is 16.5. The summed E-state index contributed by atoms with van der Waals surface area (Å²) < 4.78 is 11.7. The first-order valence-electron chi connectivity index (χ1n) is 9.04. The standard InChI is InChI=1S/C18H33NO2/c1-14(2)15-3-6-18(19,7-4-15)16-5-10-21-17(13-16)8-11-20-12-9-17/h14-16H,3-13,19H2,1-2H3. The zero-order valence-electron chi connectivity index (χ0n) is 13.9. The Morgan fingerprint density at radius 2 is 1.62 bits per heavy atom. The fraction of sp³-hybridized carbons (Fsp3) is 1.00. The Morgan fingerprint density at radius 3 is 2.24 bits per heavy atom. The smallest absolute Gasteiger partial charge is 0.0729 e. The van der Waals surface area contributed by atoms with E-state index in [9.17, 15) is 0 Å². The fourth-order valence-electron chi connectivity index (χ4n) is 4.86. The van der Waals surface area contributed by atoms with Crippen molar-refractivity contribution in [3.05, 3.63) is 0 Å². The predicted molar refractivity (Wildman–Crippen MR) is 85.2 cm³/mol. The van der Waals surface area contributed by atoms with Crippen molar-refractivity contribution in [3.8, 4) is 0 Å². The van der Waals surface area contributed by atoms with Gasteiger partial charge < -0.3 is 15.2 Å². The van der Waals surface area contributed by atoms with Gasteiger partial charge in [0.1, 0.15) is 0 Å². The molecule has 3 nitrogen and oxygen atoms in total. The third kappa shape index (κ3) is 3.30. The molecule has 0 aromatic carbocycles. The van der Waals surface area contributed by atoms with Crippen LogP contribution < -0.4 is 5.73 Å². The van der Waals surface area contributed by atoms with E-state index >= 15 is 0 Å². The molecule has 3 heteroatoms. The Labute approximate surface area is 129 Å². The molecule has 2 N–H and O–H groups in total. The molecule has 2 aliphatic heterocycles. The lowest BCUT2D eigenvalue weighted by atomic mass is 9.63. The fourth-order valence-corrected chi connectivity index (χ4v) is 4.86. The van der Waals surface area contributed by atoms with Crippen molar-refractivity contribution in [2.45, 2.75) is 76.4 Å². The number of hydrogen-bond donors (Lipinski definition) is 1. The van der Waals surface area contributed by atoms with Gasteiger partial charge >= 0.3 is 0 Å². The Morgan fingerprint density at radius 1 is 0.952 bits per heavy atom. The number of nitrogens with two attached hydrogens (primary N) is 1. The maximum Gasteiger partial charge on any atom is 0.0729 e. The van der Waals surface area contributed by atoms with Crippen LogP contribution in [0.3, 0.4) is 0 Å². The van der Waals surface area contributed by atoms with Crippen LogP contribution in [0.25, 0.3) is 0 Å². The molecule has 0 aromatic heterocycles. The highest BCUT2D eigenvalue weighted by Crippen LogP contribution is 2.46. The van der Waals surface area contributed by atoms with Crippen LogP contribution in [0.2, 0.25) is 0 Å². The minimum atomic E-state index is 0.0699. The summed E-state index contributed by atoms with van der Waals surface area (Å²) in [6.45, 7) is 7.34. The van der Waals surface area contributed by atoms with Gasteiger partial charge in [0.15, 0.2) is 0 Å². The van der Waals surface area contributed by atoms with Crippen LogP contribution in [-0.4, -0.2) is 31.0 Å². The minimum Gasteiger partial charge on any atom is -0.381 e. The number of rotatable bonds is 2. The second kappa shape index (κ2) is 6.17. The van der Waals surface area contributed by atoms with Gasteiger partial charge in [0, 0.05) is 25.4 Å². The summed E-state index contributed by atoms with van der Waals surface area (Å²) >= 11 is 0. The van der Waals surface area contributed by atoms with Gasteiger partial charge in [-0.2, -0.15) is 0 Å². The largest absolute Gasteiger partial charge is 0.381 e. The molecule has 3 aliphatic rings. The molecule has 1 spiro atoms. The van der Waals surface area contributed by atoms with E-state index < -0.39 is 0 Å². The number of ether oxygens (including phenoxy) is 2. The Hall–Kier alpha value is -0.120. The lowest BCUT2D eigenvalue weighted by molar-refractivity contribution is -0.156. The molecule has 1 aliphatic carbocycles. The Balaban J connectivity index is 1.63. The molecule has 1 unspecified atom stereocenters. The van der Waals surface area contributed by atoms with Gasteiger partial charge in [0.25, 0.3) is 0 Å². The van der Waals surface area contributed by atoms with Gasteiger partial charge in [-0.3, -0.25) is 0 Å². The van der Waals surface area contributed by atoms with Gasteiger partial charge in [-0.1, -0.05) is 13.8 Å². The normalized spacial score (nSPS) is 40.6. The van der Waals surface area contributed by atoms with E-state index in [0.29, 0.717) is 5.92 Å². The van der Waals surface area contributed by atoms with Gasteiger partial charge in [-0.15, -0.1) is 0 Å². The maximum atomic E-state index is 6.90. The third-order valence-electron chi connectivity index (χ3n) is 6.61. The zero-order chi connectivity index (χ0) is 14.9. The van der Waals surface area contributed by atoms with Crippen molar-refractivity contribution < 1.29 is 9.47 Å². The summed E-state index contributed by atoms with van der Waals surface area (Å²) in [6, 6.07) is 0. The topological polar surface area (TPSA) is 44.5 Å². The van der Waals surface area contributed by atoms with Gasteiger partial charge in [0.05, 0.1) is 5.60 Å². The van der Waals surface area contributed by atoms with E-state index in [4.69, 9.17) is 15.2 Å². The van der Waals surface area contributed by atoms with E-state index in [1.54, 1.807) is 0 Å². The van der Waals surface area contributed by atoms with Crippen LogP contribution in [0, 0.1) is 17.8 Å². The van der Waals surface area contributed by atoms with Crippen molar-refractivity contribution in [2.24, 2.45) is 23.5 Å². The zero-order valence-corrected chi connectivity index (χ0v) is 13.9. The summed E-state index contributed by atoms with van der Waals surface area (Å²) in [5.41, 5.74) is 7.06. The van der Waals surface area contributed by atoms with Crippen molar-refractivity contribution in [3.63, 3.8) is 0 Å². The van der Waals surface area contributed by atoms with Crippen LogP contribution in [0.1, 0.15) is 65.2 Å². The average Bonchev–Trinajstić information content (AvgIpc) is 2.48. The van der Waals surface area contributed by atoms with Crippen molar-refractivity contribution in [2.75, 3.05) is 19.8 Å². The monoisotopic (exact) mass is 295 g/mol. The molecule has 1 saturated carbocycles. The lowest BCUT2D eigenvalue weighted by Gasteiger charge is -2.51. The van der Waals surface area contributed by atoms with E-state index in [0.717, 1.165) is 50.9 Å². The molecule has 3 fully saturated rings. The molecule has 2 saturated heterocycles. The Kier molecular flexibility index (Phi) is 4.63. The lowest BCUT2D eigenvalue weighted by Crippen LogP contribution is -2.56. The van der Waals surface area contributed by atoms with E-state index in [1.807, 2.05) is 0 Å². The highest BCUT2D eigenvalue weighted by molar-refractivity contribution is 5.01. The van der Waals surface area contributed by atoms with Gasteiger partial charge in [-0.05, 0) is 69.1 Å². The highest BCUT2D eigenvalue weighted by Gasteiger charge is 2.46. The molecule has 0 bridgehead atoms. The summed E-state index contributed by atoms with van der Waals surface area (Å²) in [6.07, 6.45) is 9.52. The van der Waals surface area contributed by atoms with Gasteiger partial charge in [0.2, 0.25) is 0 Å². The second-order valence-corrected chi connectivity index (χ2v) is 8.15. The molecular weight excluding hydrogens is 262 g/mol. The summed E-state index contributed by atoms with van der Waals surface area (Å²) in [5, 5.41) is 0. The van der Waals surface area contributed by atoms with Crippen molar-refractivity contribution in [1.82, 2.24) is 0 Å². The quantitative estimate of drug-likeness (QED) is 0.848. The summed E-state index contributed by atoms with van der Waals surface area (Å²) in [4.78, 5) is 0. The molecule has 1 atom stereocenters. The molecule has 0 radical (unpaired) electrons. The molecular formula is C18H33NO2. The minimum absolute atomic E-state index is 0.0699. The Bertz CT molecular complexity index is 336. The molecule has 2 heterocycles. The molecule has 0 amide bonds. The number of hydrogen-bond acceptors (Lipinski definition) is 3. The first-order valence-corrected chi connectivity index (χ1v) is 9.04. The average molecular weight is 295 g/mol. The van der Waals surface area contributed by atoms with E-state index in [-0.39, 0.29) is 11.1 Å². The van der Waals surface area contributed by atoms with Crippen LogP contribution in [0.5, 0.6) is 0 Å². The van der Waals surface area contributed by atoms with Crippen LogP contribution in [0.4, 0.5) is 0 Å². The van der Waals surface area contributed by atoms with Crippen molar-refractivity contribution in [1.29, 1.82) is 0 Å². The van der Waals surface area contributed by atoms with Crippen LogP contribution >= 0.6 is 0 Å². The molecule has 21 heavy (non-hydrogen) atoms. The predicted octanol–water partition coefficient (Wildman–Crippen LogP) is 3.51. The molecule has 0 aromatic rings. The van der Waals surface area contributed by atoms with Crippen molar-refractivity contribution >= 4 is 0 Å². The summed E-state index contributed by atoms with van der Waals surface area (Å²) in [5.74, 6) is 2.35. The third-order valence-corrected chi connectivity index (χ3v) is 6.61. The SMILES string of the molecule is CC(C)C1CCC(N)(C2CCOC3(CCOCC3)C2)CC1. The molecule has 122 valence electrons. The van der Waals surface area contributed by atoms with E-state index in [2.05, 4.69) is 13.8 Å². The van der Waals surface area contributed by atoms with Gasteiger partial charge in [-0.25, -0.2) is 0 Å².